The van der Waals surface area contributed by atoms with E-state index in [4.69, 9.17) is 0 Å². The van der Waals surface area contributed by atoms with Crippen LogP contribution in [-0.2, 0) is 0 Å². The zero-order valence-electron chi connectivity index (χ0n) is 3.20. The summed E-state index contributed by atoms with van der Waals surface area (Å²) in [5.74, 6) is 0. The van der Waals surface area contributed by atoms with Gasteiger partial charge >= 0.3 is 0 Å². The lowest BCUT2D eigenvalue weighted by molar-refractivity contribution is 2.15. The molecule has 0 amide bonds. The monoisotopic (exact) mass is 118 g/mol. The van der Waals surface area contributed by atoms with E-state index in [-0.39, 0.29) is 9.93 Å². The number of rotatable bonds is 0. The average molecular weight is 118 g/mol. The highest BCUT2D eigenvalue weighted by Gasteiger charge is 1.85. The molecule has 0 nitrogen and oxygen atoms in total. The van der Waals surface area contributed by atoms with Crippen molar-refractivity contribution in [1.29, 1.82) is 0 Å². The van der Waals surface area contributed by atoms with Gasteiger partial charge in [0.2, 0.25) is 0 Å². The Morgan fingerprint density at radius 1 is 1.17 bits per heavy atom. The fraction of sp³-hybridized carbons (Fsp3) is 0. The van der Waals surface area contributed by atoms with Gasteiger partial charge in [-0.05, 0) is 10.8 Å². The molecule has 0 fully saturated rings. The Bertz CT molecular complexity index is 81.7. The van der Waals surface area contributed by atoms with Crippen LogP contribution in [0.1, 0.15) is 0 Å². The Balaban J connectivity index is 2.60. The summed E-state index contributed by atoms with van der Waals surface area (Å²) in [6.07, 6.45) is 4.05. The van der Waals surface area contributed by atoms with E-state index in [1.165, 1.54) is 0 Å². The molecule has 34 valence electrons. The minimum absolute atomic E-state index is 0.132. The summed E-state index contributed by atoms with van der Waals surface area (Å²) in [7, 11) is -0.132. The van der Waals surface area contributed by atoms with E-state index in [1.807, 2.05) is 12.2 Å². The van der Waals surface area contributed by atoms with Crippen LogP contribution in [0.3, 0.4) is 0 Å². The quantitative estimate of drug-likeness (QED) is 0.352. The van der Waals surface area contributed by atoms with Gasteiger partial charge in [-0.25, -0.2) is 0 Å². The number of allylic oxidation sites excluding steroid dienone is 2. The topological polar surface area (TPSA) is 0 Å². The molecule has 0 saturated carbocycles. The van der Waals surface area contributed by atoms with Crippen molar-refractivity contribution in [2.45, 2.75) is 0 Å². The predicted octanol–water partition coefficient (Wildman–Crippen LogP) is 1.87. The van der Waals surface area contributed by atoms with Crippen molar-refractivity contribution in [3.63, 3.8) is 0 Å². The van der Waals surface area contributed by atoms with Gasteiger partial charge in [0.25, 0.3) is 0 Å². The predicted molar refractivity (Wildman–Crippen MR) is 36.3 cm³/mol. The van der Waals surface area contributed by atoms with E-state index in [2.05, 4.69) is 22.5 Å². The second-order valence-corrected chi connectivity index (χ2v) is 3.81. The first-order valence-electron chi connectivity index (χ1n) is 1.72. The molecule has 0 aromatic heterocycles. The van der Waals surface area contributed by atoms with Crippen molar-refractivity contribution in [2.24, 2.45) is 0 Å². The zero-order chi connectivity index (χ0) is 4.41. The van der Waals surface area contributed by atoms with Crippen LogP contribution < -0.4 is 0 Å². The highest BCUT2D eigenvalue weighted by Crippen LogP contribution is 2.36. The standard InChI is InChI=1S/C4H6S2/c5-6-3-1-2-4-6/h1-6H. The zero-order valence-corrected chi connectivity index (χ0v) is 4.99. The van der Waals surface area contributed by atoms with Crippen molar-refractivity contribution >= 4 is 21.6 Å². The van der Waals surface area contributed by atoms with Crippen LogP contribution in [-0.4, -0.2) is 0 Å². The molecule has 0 aliphatic carbocycles. The molecule has 0 atom stereocenters. The second kappa shape index (κ2) is 1.76. The normalized spacial score (nSPS) is 23.2. The third-order valence-electron chi connectivity index (χ3n) is 0.589. The molecule has 0 unspecified atom stereocenters. The van der Waals surface area contributed by atoms with Gasteiger partial charge in [-0.1, -0.05) is 12.2 Å². The van der Waals surface area contributed by atoms with Crippen LogP contribution in [0.15, 0.2) is 23.0 Å². The first-order chi connectivity index (χ1) is 2.89. The Kier molecular flexibility index (Phi) is 1.27. The minimum Gasteiger partial charge on any atom is -0.167 e. The van der Waals surface area contributed by atoms with Crippen molar-refractivity contribution < 1.29 is 0 Å². The Labute approximate surface area is 45.1 Å². The first kappa shape index (κ1) is 4.34. The molecule has 2 heteroatoms. The largest absolute Gasteiger partial charge is 0.167 e. The van der Waals surface area contributed by atoms with Gasteiger partial charge in [-0.15, -0.1) is 11.7 Å². The summed E-state index contributed by atoms with van der Waals surface area (Å²) in [6.45, 7) is 0. The molecule has 1 rings (SSSR count). The summed E-state index contributed by atoms with van der Waals surface area (Å²) >= 11 is 4.18. The van der Waals surface area contributed by atoms with E-state index in [0.29, 0.717) is 0 Å². The fourth-order valence-corrected chi connectivity index (χ4v) is 1.44. The van der Waals surface area contributed by atoms with Crippen LogP contribution >= 0.6 is 21.6 Å². The highest BCUT2D eigenvalue weighted by atomic mass is 33.1. The third kappa shape index (κ3) is 0.820. The number of hydrogen-bond acceptors (Lipinski definition) is 1. The molecule has 0 bridgehead atoms. The lowest BCUT2D eigenvalue weighted by Gasteiger charge is -1.91. The summed E-state index contributed by atoms with van der Waals surface area (Å²) in [6, 6.07) is 0. The van der Waals surface area contributed by atoms with Crippen LogP contribution in [0.25, 0.3) is 0 Å². The van der Waals surface area contributed by atoms with Gasteiger partial charge in [-0.3, -0.25) is 0 Å². The summed E-state index contributed by atoms with van der Waals surface area (Å²) < 4.78 is 0. The average Bonchev–Trinajstić information content (AvgIpc) is 1.86. The van der Waals surface area contributed by atoms with Gasteiger partial charge < -0.3 is 0 Å². The molecule has 0 spiro atoms. The Hall–Kier alpha value is 0.180. The first-order valence-corrected chi connectivity index (χ1v) is 4.35. The molecular formula is C4H6S2. The van der Waals surface area contributed by atoms with E-state index >= 15 is 0 Å². The highest BCUT2D eigenvalue weighted by molar-refractivity contribution is 8.80. The van der Waals surface area contributed by atoms with Gasteiger partial charge in [-0.2, -0.15) is 9.93 Å². The smallest absolute Gasteiger partial charge is 0.0369 e. The van der Waals surface area contributed by atoms with Crippen molar-refractivity contribution in [3.05, 3.63) is 23.0 Å². The van der Waals surface area contributed by atoms with Crippen molar-refractivity contribution in [3.8, 4) is 0 Å². The molecule has 0 N–H and O–H groups in total. The number of thiol groups is 2. The van der Waals surface area contributed by atoms with E-state index in [1.54, 1.807) is 0 Å². The fourth-order valence-electron chi connectivity index (χ4n) is 0.325. The minimum atomic E-state index is -0.132. The van der Waals surface area contributed by atoms with Crippen LogP contribution in [0.2, 0.25) is 0 Å². The molecule has 1 heterocycles. The van der Waals surface area contributed by atoms with Crippen molar-refractivity contribution in [2.75, 3.05) is 0 Å². The van der Waals surface area contributed by atoms with E-state index < -0.39 is 0 Å². The molecule has 0 saturated heterocycles. The van der Waals surface area contributed by atoms with Crippen molar-refractivity contribution in [1.82, 2.24) is 0 Å². The lowest BCUT2D eigenvalue weighted by atomic mass is 10.6. The third-order valence-corrected chi connectivity index (χ3v) is 2.34. The SMILES string of the molecule is S[SH]1C=CC=C1. The lowest BCUT2D eigenvalue weighted by Crippen LogP contribution is -1.36. The second-order valence-electron chi connectivity index (χ2n) is 1.06. The van der Waals surface area contributed by atoms with Gasteiger partial charge in [0.05, 0.1) is 0 Å². The van der Waals surface area contributed by atoms with E-state index in [0.717, 1.165) is 0 Å². The molecule has 0 aromatic carbocycles. The maximum atomic E-state index is 4.18. The maximum absolute atomic E-state index is 4.18. The van der Waals surface area contributed by atoms with Gasteiger partial charge in [0.15, 0.2) is 0 Å². The van der Waals surface area contributed by atoms with E-state index in [9.17, 15) is 0 Å². The molecular weight excluding hydrogens is 112 g/mol. The number of hydrogen-bond donors (Lipinski definition) is 2. The molecule has 0 aromatic rings. The van der Waals surface area contributed by atoms with Crippen LogP contribution in [0, 0.1) is 0 Å². The van der Waals surface area contributed by atoms with Crippen LogP contribution in [0.4, 0.5) is 0 Å². The Morgan fingerprint density at radius 2 is 1.67 bits per heavy atom. The summed E-state index contributed by atoms with van der Waals surface area (Å²) in [4.78, 5) is 0. The molecule has 1 aliphatic heterocycles. The Morgan fingerprint density at radius 3 is 1.83 bits per heavy atom. The summed E-state index contributed by atoms with van der Waals surface area (Å²) in [5, 5.41) is 4.19. The maximum Gasteiger partial charge on any atom is -0.0369 e. The van der Waals surface area contributed by atoms with Crippen LogP contribution in [0.5, 0.6) is 0 Å². The molecule has 6 heavy (non-hydrogen) atoms. The summed E-state index contributed by atoms with van der Waals surface area (Å²) in [5.41, 5.74) is 0. The molecule has 1 aliphatic rings. The van der Waals surface area contributed by atoms with Gasteiger partial charge in [0, 0.05) is 0 Å². The molecule has 0 radical (unpaired) electrons. The van der Waals surface area contributed by atoms with Gasteiger partial charge in [0.1, 0.15) is 0 Å².